The number of imide groups is 2. The van der Waals surface area contributed by atoms with Crippen LogP contribution in [0.15, 0.2) is 120 Å². The molecule has 0 spiro atoms. The number of nitro benzene ring substituents is 3. The van der Waals surface area contributed by atoms with Gasteiger partial charge >= 0.3 is 12.1 Å². The number of carbonyl (C=O) groups excluding carboxylic acids is 7. The molecule has 0 radical (unpaired) electrons. The molecule has 31 heteroatoms. The number of methoxy groups -OCH3 is 2. The van der Waals surface area contributed by atoms with Crippen LogP contribution in [0, 0.1) is 36.3 Å². The monoisotopic (exact) mass is 1160 g/mol. The van der Waals surface area contributed by atoms with Crippen LogP contribution in [0.4, 0.5) is 26.7 Å². The van der Waals surface area contributed by atoms with Gasteiger partial charge in [0.15, 0.2) is 23.1 Å². The van der Waals surface area contributed by atoms with E-state index in [-0.39, 0.29) is 86.3 Å². The van der Waals surface area contributed by atoms with Gasteiger partial charge in [0.1, 0.15) is 43.2 Å². The summed E-state index contributed by atoms with van der Waals surface area (Å²) in [5, 5.41) is 51.5. The van der Waals surface area contributed by atoms with Gasteiger partial charge in [-0.2, -0.15) is 20.8 Å². The topological polar surface area (TPSA) is 399 Å². The standard InChI is InChI=1S/C20H21N5O7.C17H15N3O6.C16H14N4O6/c1-12(2)16(10-26)23-31-11-14-7-17(13-3-5-15(6-4-13)25(29)30)32-18(14)8-21-24-9-19(27)22-20(24)28;1-25-10-12-6-15(11-2-4-13(5-3-11)20(23)24)26-16(12)8-18-19-9-14(21)7-17(19)22;1-25-9-11-6-13(10-2-4-12(5-3-10)20(23)24)26-14(11)7-17-19-8-15(21)18-16(19)22/h3-8,10,12,16,23H,9,11H2,1-2H3,(H,22,27,28);2-6,8H,7,9-10H2,1H3;2-7H,8-9H2,1H3,(H,18,21,22)/b21-8+;18-8+;17-7+/t16-;;/m1../s1. The maximum Gasteiger partial charge on any atom is 0.344 e. The molecule has 3 aliphatic heterocycles. The van der Waals surface area contributed by atoms with E-state index < -0.39 is 44.7 Å². The van der Waals surface area contributed by atoms with E-state index in [2.05, 4.69) is 31.4 Å². The van der Waals surface area contributed by atoms with Crippen molar-refractivity contribution in [3.8, 4) is 34.0 Å². The molecule has 1 atom stereocenters. The number of amides is 7. The predicted octanol–water partition coefficient (Wildman–Crippen LogP) is 6.01. The Balaban J connectivity index is 0.000000182. The number of benzene rings is 3. The highest BCUT2D eigenvalue weighted by atomic mass is 16.6. The number of carbonyl (C=O) groups is 7. The van der Waals surface area contributed by atoms with Gasteiger partial charge in [0.2, 0.25) is 11.8 Å². The van der Waals surface area contributed by atoms with E-state index >= 15 is 0 Å². The van der Waals surface area contributed by atoms with Gasteiger partial charge in [0.25, 0.3) is 23.0 Å². The van der Waals surface area contributed by atoms with Crippen molar-refractivity contribution in [2.75, 3.05) is 33.9 Å². The minimum absolute atomic E-state index is 0.0000215. The number of non-ortho nitro benzene ring substituents is 3. The van der Waals surface area contributed by atoms with Crippen molar-refractivity contribution in [1.82, 2.24) is 31.1 Å². The lowest BCUT2D eigenvalue weighted by atomic mass is 10.1. The molecule has 84 heavy (non-hydrogen) atoms. The molecule has 31 nitrogen and oxygen atoms in total. The summed E-state index contributed by atoms with van der Waals surface area (Å²) in [4.78, 5) is 116. The number of nitrogens with zero attached hydrogens (tertiary/aromatic N) is 9. The lowest BCUT2D eigenvalue weighted by Gasteiger charge is -2.15. The van der Waals surface area contributed by atoms with Crippen molar-refractivity contribution in [2.24, 2.45) is 21.2 Å². The van der Waals surface area contributed by atoms with Crippen molar-refractivity contribution in [3.63, 3.8) is 0 Å². The molecule has 0 bridgehead atoms. The number of hydrogen-bond acceptors (Lipinski definition) is 23. The number of Topliss-reactive ketones (excluding diaryl/α,β-unsaturated/α-hetero) is 1. The molecule has 3 aliphatic rings. The van der Waals surface area contributed by atoms with E-state index in [1.54, 1.807) is 42.5 Å². The molecular formula is C53H50N12O19. The van der Waals surface area contributed by atoms with Crippen LogP contribution in [0.25, 0.3) is 34.0 Å². The molecule has 0 unspecified atom stereocenters. The van der Waals surface area contributed by atoms with Crippen LogP contribution in [-0.4, -0.2) is 130 Å². The van der Waals surface area contributed by atoms with Crippen molar-refractivity contribution < 1.29 is 75.9 Å². The van der Waals surface area contributed by atoms with Gasteiger partial charge in [0.05, 0.1) is 65.7 Å². The average molecular weight is 1160 g/mol. The highest BCUT2D eigenvalue weighted by Gasteiger charge is 2.29. The quantitative estimate of drug-likeness (QED) is 0.0175. The molecule has 6 aromatic rings. The first-order valence-corrected chi connectivity index (χ1v) is 24.8. The van der Waals surface area contributed by atoms with Crippen LogP contribution in [0.5, 0.6) is 0 Å². The Morgan fingerprint density at radius 1 is 0.571 bits per heavy atom. The van der Waals surface area contributed by atoms with E-state index in [0.717, 1.165) is 21.3 Å². The molecule has 9 rings (SSSR count). The maximum absolute atomic E-state index is 11.7. The zero-order valence-electron chi connectivity index (χ0n) is 44.9. The number of ketones is 1. The number of nitro groups is 3. The summed E-state index contributed by atoms with van der Waals surface area (Å²) in [5.74, 6) is 0.885. The van der Waals surface area contributed by atoms with E-state index in [4.69, 9.17) is 27.6 Å². The third kappa shape index (κ3) is 16.0. The van der Waals surface area contributed by atoms with Gasteiger partial charge < -0.3 is 27.5 Å². The predicted molar refractivity (Wildman–Crippen MR) is 291 cm³/mol. The van der Waals surface area contributed by atoms with Crippen molar-refractivity contribution in [3.05, 3.63) is 155 Å². The minimum atomic E-state index is -0.654. The van der Waals surface area contributed by atoms with Gasteiger partial charge in [-0.25, -0.2) is 24.6 Å². The zero-order chi connectivity index (χ0) is 60.6. The van der Waals surface area contributed by atoms with Crippen LogP contribution >= 0.6 is 0 Å². The Morgan fingerprint density at radius 2 is 0.929 bits per heavy atom. The molecular weight excluding hydrogens is 1110 g/mol. The first kappa shape index (κ1) is 60.9. The first-order chi connectivity index (χ1) is 40.2. The smallest absolute Gasteiger partial charge is 0.344 e. The third-order valence-corrected chi connectivity index (χ3v) is 12.0. The summed E-state index contributed by atoms with van der Waals surface area (Å²) in [7, 11) is 3.05. The van der Waals surface area contributed by atoms with Crippen LogP contribution in [-0.2, 0) is 58.1 Å². The van der Waals surface area contributed by atoms with Gasteiger partial charge in [-0.1, -0.05) is 13.8 Å². The minimum Gasteiger partial charge on any atom is -0.455 e. The Kier molecular flexibility index (Phi) is 20.4. The van der Waals surface area contributed by atoms with Crippen LogP contribution < -0.4 is 16.1 Å². The Bertz CT molecular complexity index is 3400. The molecule has 3 saturated heterocycles. The van der Waals surface area contributed by atoms with Gasteiger partial charge in [-0.05, 0) is 60.5 Å². The number of hydrogen-bond donors (Lipinski definition) is 3. The molecule has 7 amide bonds. The normalized spacial score (nSPS) is 14.6. The summed E-state index contributed by atoms with van der Waals surface area (Å²) < 4.78 is 27.6. The summed E-state index contributed by atoms with van der Waals surface area (Å²) in [5.41, 5.74) is 6.35. The SMILES string of the molecule is CC(C)[C@@H](C=O)NOCc1cc(-c2ccc([N+](=O)[O-])cc2)oc1/C=N/N1CC(=O)NC1=O.COCc1cc(-c2ccc([N+](=O)[O-])cc2)oc1/C=N/N1CC(=O)CC1=O.COCc1cc(-c2ccc([N+](=O)[O-])cc2)oc1/C=N/N1CC(=O)NC1=O. The molecule has 3 N–H and O–H groups in total. The Morgan fingerprint density at radius 3 is 1.21 bits per heavy atom. The highest BCUT2D eigenvalue weighted by molar-refractivity contribution is 6.05. The number of furan rings is 3. The number of rotatable bonds is 22. The fourth-order valence-corrected chi connectivity index (χ4v) is 7.60. The second-order valence-electron chi connectivity index (χ2n) is 18.3. The Hall–Kier alpha value is -10.8. The van der Waals surface area contributed by atoms with Gasteiger partial charge in [-0.3, -0.25) is 65.0 Å². The number of ether oxygens (including phenoxy) is 2. The van der Waals surface area contributed by atoms with Gasteiger partial charge in [0, 0.05) is 84.0 Å². The summed E-state index contributed by atoms with van der Waals surface area (Å²) >= 11 is 0. The number of urea groups is 2. The fourth-order valence-electron chi connectivity index (χ4n) is 7.60. The largest absolute Gasteiger partial charge is 0.455 e. The summed E-state index contributed by atoms with van der Waals surface area (Å²) in [6, 6.07) is 20.9. The molecule has 0 aliphatic carbocycles. The van der Waals surface area contributed by atoms with E-state index in [9.17, 15) is 63.9 Å². The summed E-state index contributed by atoms with van der Waals surface area (Å²) in [6.07, 6.45) is 4.55. The summed E-state index contributed by atoms with van der Waals surface area (Å²) in [6.45, 7) is 3.79. The van der Waals surface area contributed by atoms with E-state index in [1.807, 2.05) is 13.8 Å². The number of hydroxylamine groups is 1. The van der Waals surface area contributed by atoms with Crippen molar-refractivity contribution in [1.29, 1.82) is 0 Å². The zero-order valence-corrected chi connectivity index (χ0v) is 44.9. The van der Waals surface area contributed by atoms with Crippen molar-refractivity contribution in [2.45, 2.75) is 46.1 Å². The molecule has 3 aromatic heterocycles. The molecule has 6 heterocycles. The van der Waals surface area contributed by atoms with Gasteiger partial charge in [-0.15, -0.1) is 0 Å². The van der Waals surface area contributed by atoms with E-state index in [1.165, 1.54) is 81.4 Å². The maximum atomic E-state index is 11.7. The lowest BCUT2D eigenvalue weighted by Crippen LogP contribution is -2.35. The third-order valence-electron chi connectivity index (χ3n) is 12.0. The van der Waals surface area contributed by atoms with E-state index in [0.29, 0.717) is 62.2 Å². The van der Waals surface area contributed by atoms with Crippen LogP contribution in [0.3, 0.4) is 0 Å². The molecule has 3 aromatic carbocycles. The Labute approximate surface area is 473 Å². The lowest BCUT2D eigenvalue weighted by molar-refractivity contribution is -0.385. The highest BCUT2D eigenvalue weighted by Crippen LogP contribution is 2.31. The number of nitrogens with one attached hydrogen (secondary N) is 3. The molecule has 0 saturated carbocycles. The second-order valence-corrected chi connectivity index (χ2v) is 18.3. The number of aldehydes is 1. The second kappa shape index (κ2) is 28.1. The molecule has 3 fully saturated rings. The fraction of sp³-hybridized carbons (Fsp3) is 0.245. The number of hydrazone groups is 3. The average Bonchev–Trinajstić information content (AvgIpc) is 4.37. The molecule has 436 valence electrons. The van der Waals surface area contributed by atoms with Crippen LogP contribution in [0.1, 0.15) is 54.2 Å². The first-order valence-electron chi connectivity index (χ1n) is 24.8. The van der Waals surface area contributed by atoms with Crippen LogP contribution in [0.2, 0.25) is 0 Å². The van der Waals surface area contributed by atoms with Crippen molar-refractivity contribution >= 4 is 77.6 Å².